The molecule has 1 aromatic carbocycles. The molecule has 0 unspecified atom stereocenters. The Morgan fingerprint density at radius 1 is 1.12 bits per heavy atom. The van der Waals surface area contributed by atoms with Crippen LogP contribution in [-0.4, -0.2) is 57.3 Å². The van der Waals surface area contributed by atoms with Gasteiger partial charge in [0.1, 0.15) is 0 Å². The van der Waals surface area contributed by atoms with Gasteiger partial charge in [-0.15, -0.1) is 0 Å². The zero-order valence-corrected chi connectivity index (χ0v) is 16.1. The van der Waals surface area contributed by atoms with Crippen LogP contribution in [0.25, 0.3) is 0 Å². The Bertz CT molecular complexity index is 651. The van der Waals surface area contributed by atoms with Crippen molar-refractivity contribution in [3.05, 3.63) is 23.8 Å². The van der Waals surface area contributed by atoms with E-state index in [-0.39, 0.29) is 10.8 Å². The first-order valence-corrected chi connectivity index (χ1v) is 9.71. The van der Waals surface area contributed by atoms with E-state index in [1.165, 1.54) is 24.5 Å². The first-order chi connectivity index (χ1) is 11.2. The molecular weight excluding hydrogens is 326 g/mol. The van der Waals surface area contributed by atoms with Crippen molar-refractivity contribution >= 4 is 21.6 Å². The number of aryl methyl sites for hydroxylation is 1. The highest BCUT2D eigenvalue weighted by atomic mass is 32.2. The predicted octanol–water partition coefficient (Wildman–Crippen LogP) is 2.31. The van der Waals surface area contributed by atoms with Gasteiger partial charge in [0.2, 0.25) is 15.9 Å². The molecule has 0 saturated heterocycles. The number of nitrogens with zero attached hydrogens (tertiary/aromatic N) is 2. The number of amides is 1. The van der Waals surface area contributed by atoms with Crippen LogP contribution in [0.3, 0.4) is 0 Å². The molecule has 7 heteroatoms. The molecule has 1 rings (SSSR count). The number of benzene rings is 1. The minimum absolute atomic E-state index is 0.131. The van der Waals surface area contributed by atoms with E-state index in [9.17, 15) is 13.2 Å². The van der Waals surface area contributed by atoms with Gasteiger partial charge in [-0.2, -0.15) is 0 Å². The van der Waals surface area contributed by atoms with Crippen LogP contribution in [0.4, 0.5) is 5.69 Å². The zero-order valence-electron chi connectivity index (χ0n) is 15.3. The summed E-state index contributed by atoms with van der Waals surface area (Å²) in [6, 6.07) is 4.96. The average molecular weight is 356 g/mol. The van der Waals surface area contributed by atoms with E-state index >= 15 is 0 Å². The highest BCUT2D eigenvalue weighted by Crippen LogP contribution is 2.22. The van der Waals surface area contributed by atoms with Gasteiger partial charge in [0, 0.05) is 19.8 Å². The Kier molecular flexibility index (Phi) is 7.86. The maximum atomic E-state index is 12.3. The van der Waals surface area contributed by atoms with Crippen molar-refractivity contribution in [1.82, 2.24) is 9.21 Å². The number of carbonyl (C=O) groups excluding carboxylic acids is 1. The largest absolute Gasteiger partial charge is 0.325 e. The van der Waals surface area contributed by atoms with Crippen molar-refractivity contribution in [3.63, 3.8) is 0 Å². The maximum absolute atomic E-state index is 12.3. The summed E-state index contributed by atoms with van der Waals surface area (Å²) < 4.78 is 25.9. The molecule has 0 fully saturated rings. The minimum Gasteiger partial charge on any atom is -0.325 e. The molecule has 1 aromatic rings. The molecule has 0 atom stereocenters. The number of anilines is 1. The van der Waals surface area contributed by atoms with Gasteiger partial charge in [0.15, 0.2) is 0 Å². The van der Waals surface area contributed by atoms with Crippen LogP contribution in [-0.2, 0) is 14.8 Å². The summed E-state index contributed by atoms with van der Waals surface area (Å²) in [4.78, 5) is 14.6. The second-order valence-electron chi connectivity index (χ2n) is 6.09. The molecule has 24 heavy (non-hydrogen) atoms. The smallest absolute Gasteiger partial charge is 0.242 e. The first-order valence-electron chi connectivity index (χ1n) is 8.27. The molecular formula is C17H29N3O3S. The highest BCUT2D eigenvalue weighted by Gasteiger charge is 2.20. The van der Waals surface area contributed by atoms with Crippen LogP contribution < -0.4 is 5.32 Å². The van der Waals surface area contributed by atoms with Gasteiger partial charge in [-0.3, -0.25) is 9.69 Å². The van der Waals surface area contributed by atoms with Crippen LogP contribution in [0.5, 0.6) is 0 Å². The summed E-state index contributed by atoms with van der Waals surface area (Å²) in [5, 5.41) is 2.80. The summed E-state index contributed by atoms with van der Waals surface area (Å²) in [7, 11) is -0.548. The number of sulfonamides is 1. The van der Waals surface area contributed by atoms with E-state index < -0.39 is 10.0 Å². The molecule has 0 aliphatic rings. The molecule has 0 radical (unpaired) electrons. The molecule has 0 aliphatic heterocycles. The van der Waals surface area contributed by atoms with Gasteiger partial charge >= 0.3 is 0 Å². The Balaban J connectivity index is 2.91. The normalized spacial score (nSPS) is 12.0. The number of rotatable bonds is 9. The summed E-state index contributed by atoms with van der Waals surface area (Å²) in [5.74, 6) is -0.131. The van der Waals surface area contributed by atoms with Gasteiger partial charge in [-0.05, 0) is 50.6 Å². The third-order valence-corrected chi connectivity index (χ3v) is 5.63. The number of carbonyl (C=O) groups is 1. The molecule has 6 nitrogen and oxygen atoms in total. The lowest BCUT2D eigenvalue weighted by molar-refractivity contribution is -0.117. The van der Waals surface area contributed by atoms with E-state index in [1.54, 1.807) is 19.1 Å². The van der Waals surface area contributed by atoms with Gasteiger partial charge in [-0.25, -0.2) is 12.7 Å². The fourth-order valence-electron chi connectivity index (χ4n) is 2.46. The Morgan fingerprint density at radius 2 is 1.71 bits per heavy atom. The molecule has 1 amide bonds. The monoisotopic (exact) mass is 355 g/mol. The molecule has 0 aromatic heterocycles. The molecule has 136 valence electrons. The summed E-state index contributed by atoms with van der Waals surface area (Å²) in [5.41, 5.74) is 1.15. The van der Waals surface area contributed by atoms with Gasteiger partial charge in [0.25, 0.3) is 0 Å². The lowest BCUT2D eigenvalue weighted by atomic mass is 10.2. The van der Waals surface area contributed by atoms with Crippen molar-refractivity contribution in [2.75, 3.05) is 39.0 Å². The van der Waals surface area contributed by atoms with Crippen LogP contribution in [0.15, 0.2) is 23.1 Å². The van der Waals surface area contributed by atoms with Crippen molar-refractivity contribution in [2.24, 2.45) is 0 Å². The van der Waals surface area contributed by atoms with Crippen molar-refractivity contribution in [3.8, 4) is 0 Å². The molecule has 0 aliphatic carbocycles. The van der Waals surface area contributed by atoms with E-state index in [0.717, 1.165) is 25.9 Å². The quantitative estimate of drug-likeness (QED) is 0.738. The summed E-state index contributed by atoms with van der Waals surface area (Å²) >= 11 is 0. The standard InChI is InChI=1S/C17H29N3O3S/c1-6-10-20(11-7-2)13-17(21)18-15-9-8-14(3)16(12-15)24(22,23)19(4)5/h8-9,12H,6-7,10-11,13H2,1-5H3,(H,18,21). The summed E-state index contributed by atoms with van der Waals surface area (Å²) in [6.45, 7) is 7.96. The third kappa shape index (κ3) is 5.58. The maximum Gasteiger partial charge on any atom is 0.242 e. The third-order valence-electron chi connectivity index (χ3n) is 3.68. The van der Waals surface area contributed by atoms with Crippen molar-refractivity contribution in [2.45, 2.75) is 38.5 Å². The van der Waals surface area contributed by atoms with E-state index in [1.807, 2.05) is 0 Å². The zero-order chi connectivity index (χ0) is 18.3. The minimum atomic E-state index is -3.53. The van der Waals surface area contributed by atoms with Crippen LogP contribution in [0.2, 0.25) is 0 Å². The second-order valence-corrected chi connectivity index (χ2v) is 8.21. The number of nitrogens with one attached hydrogen (secondary N) is 1. The lowest BCUT2D eigenvalue weighted by Crippen LogP contribution is -2.34. The van der Waals surface area contributed by atoms with Crippen molar-refractivity contribution < 1.29 is 13.2 Å². The van der Waals surface area contributed by atoms with Crippen LogP contribution >= 0.6 is 0 Å². The van der Waals surface area contributed by atoms with Gasteiger partial charge in [-0.1, -0.05) is 19.9 Å². The van der Waals surface area contributed by atoms with E-state index in [4.69, 9.17) is 0 Å². The predicted molar refractivity (Wildman–Crippen MR) is 97.7 cm³/mol. The second kappa shape index (κ2) is 9.15. The van der Waals surface area contributed by atoms with E-state index in [0.29, 0.717) is 17.8 Å². The molecule has 0 heterocycles. The topological polar surface area (TPSA) is 69.7 Å². The Labute approximate surface area is 145 Å². The molecule has 0 spiro atoms. The first kappa shape index (κ1) is 20.6. The van der Waals surface area contributed by atoms with Gasteiger partial charge in [0.05, 0.1) is 11.4 Å². The lowest BCUT2D eigenvalue weighted by Gasteiger charge is -2.20. The SMILES string of the molecule is CCCN(CCC)CC(=O)Nc1ccc(C)c(S(=O)(=O)N(C)C)c1. The Morgan fingerprint density at radius 3 is 2.21 bits per heavy atom. The molecule has 0 saturated carbocycles. The fraction of sp³-hybridized carbons (Fsp3) is 0.588. The van der Waals surface area contributed by atoms with E-state index in [2.05, 4.69) is 24.1 Å². The molecule has 1 N–H and O–H groups in total. The molecule has 0 bridgehead atoms. The number of hydrogen-bond donors (Lipinski definition) is 1. The average Bonchev–Trinajstić information content (AvgIpc) is 2.49. The van der Waals surface area contributed by atoms with Crippen molar-refractivity contribution in [1.29, 1.82) is 0 Å². The van der Waals surface area contributed by atoms with Crippen LogP contribution in [0, 0.1) is 6.92 Å². The fourth-order valence-corrected chi connectivity index (χ4v) is 3.60. The highest BCUT2D eigenvalue weighted by molar-refractivity contribution is 7.89. The van der Waals surface area contributed by atoms with Crippen LogP contribution in [0.1, 0.15) is 32.3 Å². The number of hydrogen-bond acceptors (Lipinski definition) is 4. The Hall–Kier alpha value is -1.44. The summed E-state index contributed by atoms with van der Waals surface area (Å²) in [6.07, 6.45) is 1.98. The van der Waals surface area contributed by atoms with Gasteiger partial charge < -0.3 is 5.32 Å².